The van der Waals surface area contributed by atoms with Gasteiger partial charge in [-0.25, -0.2) is 8.78 Å². The third-order valence-corrected chi connectivity index (χ3v) is 6.43. The number of halogens is 2. The van der Waals surface area contributed by atoms with Gasteiger partial charge in [0.2, 0.25) is 0 Å². The van der Waals surface area contributed by atoms with Crippen LogP contribution in [-0.2, 0) is 13.0 Å². The molecule has 1 aliphatic carbocycles. The molecule has 1 saturated carbocycles. The highest BCUT2D eigenvalue weighted by Gasteiger charge is 2.31. The molecule has 2 aromatic carbocycles. The monoisotopic (exact) mass is 399 g/mol. The summed E-state index contributed by atoms with van der Waals surface area (Å²) in [7, 11) is 0. The van der Waals surface area contributed by atoms with Gasteiger partial charge < -0.3 is 0 Å². The van der Waals surface area contributed by atoms with Gasteiger partial charge in [0.1, 0.15) is 12.3 Å². The van der Waals surface area contributed by atoms with Gasteiger partial charge in [0.15, 0.2) is 0 Å². The maximum atomic E-state index is 13.7. The molecule has 0 amide bonds. The minimum Gasteiger partial charge on any atom is -0.294 e. The van der Waals surface area contributed by atoms with E-state index in [1.807, 2.05) is 0 Å². The van der Waals surface area contributed by atoms with E-state index >= 15 is 0 Å². The Morgan fingerprint density at radius 2 is 1.55 bits per heavy atom. The standard InChI is InChI=1S/C26H35F2N/c1-19(2)29(18-22-7-5-4-6-8-22)20(3)9-10-21-11-13-23(14-12-21)24-15-16-25(27)26(28)17-24/h4-8,11-14,19-20,24-26H,9-10,15-18H2,1-3H3. The SMILES string of the molecule is CC(C)N(Cc1ccccc1)C(C)CCc1ccc(C2CCC(F)C(F)C2)cc1. The fourth-order valence-electron chi connectivity index (χ4n) is 4.52. The maximum Gasteiger partial charge on any atom is 0.132 e. The van der Waals surface area contributed by atoms with Crippen molar-refractivity contribution in [3.05, 3.63) is 71.3 Å². The van der Waals surface area contributed by atoms with E-state index in [9.17, 15) is 8.78 Å². The van der Waals surface area contributed by atoms with Gasteiger partial charge in [-0.3, -0.25) is 4.90 Å². The second-order valence-corrected chi connectivity index (χ2v) is 8.92. The third-order valence-electron chi connectivity index (χ3n) is 6.43. The Bertz CT molecular complexity index is 728. The number of nitrogens with zero attached hydrogens (tertiary/aromatic N) is 1. The molecule has 0 aliphatic heterocycles. The van der Waals surface area contributed by atoms with Crippen LogP contribution < -0.4 is 0 Å². The van der Waals surface area contributed by atoms with E-state index in [1.165, 1.54) is 11.1 Å². The minimum absolute atomic E-state index is 0.160. The Labute approximate surface area is 175 Å². The lowest BCUT2D eigenvalue weighted by molar-refractivity contribution is 0.108. The molecule has 0 N–H and O–H groups in total. The molecular formula is C26H35F2N. The predicted molar refractivity (Wildman–Crippen MR) is 118 cm³/mol. The average Bonchev–Trinajstić information content (AvgIpc) is 2.73. The van der Waals surface area contributed by atoms with Crippen molar-refractivity contribution >= 4 is 0 Å². The zero-order chi connectivity index (χ0) is 20.8. The van der Waals surface area contributed by atoms with Crippen LogP contribution in [0, 0.1) is 0 Å². The molecule has 29 heavy (non-hydrogen) atoms. The van der Waals surface area contributed by atoms with Crippen molar-refractivity contribution in [3.8, 4) is 0 Å². The topological polar surface area (TPSA) is 3.24 Å². The van der Waals surface area contributed by atoms with E-state index < -0.39 is 12.3 Å². The molecule has 3 heteroatoms. The van der Waals surface area contributed by atoms with E-state index in [2.05, 4.69) is 80.3 Å². The van der Waals surface area contributed by atoms with Crippen LogP contribution in [0.1, 0.15) is 69.1 Å². The number of rotatable bonds is 8. The molecule has 4 atom stereocenters. The van der Waals surface area contributed by atoms with Crippen molar-refractivity contribution in [2.75, 3.05) is 0 Å². The Morgan fingerprint density at radius 1 is 0.862 bits per heavy atom. The van der Waals surface area contributed by atoms with Crippen molar-refractivity contribution in [2.24, 2.45) is 0 Å². The smallest absolute Gasteiger partial charge is 0.132 e. The van der Waals surface area contributed by atoms with E-state index in [4.69, 9.17) is 0 Å². The molecule has 1 nitrogen and oxygen atoms in total. The van der Waals surface area contributed by atoms with Gasteiger partial charge in [-0.05, 0) is 75.5 Å². The van der Waals surface area contributed by atoms with Gasteiger partial charge in [0.05, 0.1) is 0 Å². The first-order valence-corrected chi connectivity index (χ1v) is 11.1. The molecule has 0 aromatic heterocycles. The first-order valence-electron chi connectivity index (χ1n) is 11.1. The molecule has 0 bridgehead atoms. The maximum absolute atomic E-state index is 13.7. The summed E-state index contributed by atoms with van der Waals surface area (Å²) in [6, 6.07) is 20.2. The zero-order valence-corrected chi connectivity index (χ0v) is 18.0. The summed E-state index contributed by atoms with van der Waals surface area (Å²) >= 11 is 0. The average molecular weight is 400 g/mol. The van der Waals surface area contributed by atoms with Crippen LogP contribution >= 0.6 is 0 Å². The van der Waals surface area contributed by atoms with Crippen LogP contribution in [0.5, 0.6) is 0 Å². The molecule has 0 heterocycles. The summed E-state index contributed by atoms with van der Waals surface area (Å²) in [6.45, 7) is 7.81. The summed E-state index contributed by atoms with van der Waals surface area (Å²) in [6.07, 6.45) is 0.970. The Kier molecular flexibility index (Phi) is 7.83. The molecule has 1 aliphatic rings. The third kappa shape index (κ3) is 6.12. The molecule has 0 spiro atoms. The molecule has 4 unspecified atom stereocenters. The summed E-state index contributed by atoms with van der Waals surface area (Å²) in [4.78, 5) is 2.56. The van der Waals surface area contributed by atoms with Gasteiger partial charge in [-0.15, -0.1) is 0 Å². The molecule has 0 radical (unpaired) electrons. The van der Waals surface area contributed by atoms with Gasteiger partial charge >= 0.3 is 0 Å². The fraction of sp³-hybridized carbons (Fsp3) is 0.538. The van der Waals surface area contributed by atoms with Gasteiger partial charge in [-0.2, -0.15) is 0 Å². The normalized spacial score (nSPS) is 23.5. The van der Waals surface area contributed by atoms with Crippen LogP contribution in [0.2, 0.25) is 0 Å². The lowest BCUT2D eigenvalue weighted by Gasteiger charge is -2.33. The number of hydrogen-bond acceptors (Lipinski definition) is 1. The van der Waals surface area contributed by atoms with Gasteiger partial charge in [0.25, 0.3) is 0 Å². The van der Waals surface area contributed by atoms with Gasteiger partial charge in [0, 0.05) is 18.6 Å². The van der Waals surface area contributed by atoms with E-state index in [1.54, 1.807) is 0 Å². The highest BCUT2D eigenvalue weighted by molar-refractivity contribution is 5.26. The first kappa shape index (κ1) is 22.0. The lowest BCUT2D eigenvalue weighted by Crippen LogP contribution is -2.38. The summed E-state index contributed by atoms with van der Waals surface area (Å²) in [5.41, 5.74) is 3.83. The molecule has 158 valence electrons. The molecule has 3 rings (SSSR count). The van der Waals surface area contributed by atoms with E-state index in [0.29, 0.717) is 24.9 Å². The fourth-order valence-corrected chi connectivity index (χ4v) is 4.52. The Hall–Kier alpha value is -1.74. The number of alkyl halides is 2. The van der Waals surface area contributed by atoms with Crippen LogP contribution in [0.15, 0.2) is 54.6 Å². The van der Waals surface area contributed by atoms with Crippen molar-refractivity contribution in [1.29, 1.82) is 0 Å². The number of benzene rings is 2. The van der Waals surface area contributed by atoms with Crippen LogP contribution in [0.25, 0.3) is 0 Å². The summed E-state index contributed by atoms with van der Waals surface area (Å²) in [5.74, 6) is 0.160. The van der Waals surface area contributed by atoms with Gasteiger partial charge in [-0.1, -0.05) is 54.6 Å². The molecule has 0 saturated heterocycles. The molecule has 1 fully saturated rings. The first-order chi connectivity index (χ1) is 13.9. The summed E-state index contributed by atoms with van der Waals surface area (Å²) < 4.78 is 27.1. The Morgan fingerprint density at radius 3 is 2.17 bits per heavy atom. The highest BCUT2D eigenvalue weighted by atomic mass is 19.2. The van der Waals surface area contributed by atoms with Crippen LogP contribution in [0.4, 0.5) is 8.78 Å². The lowest BCUT2D eigenvalue weighted by atomic mass is 9.82. The zero-order valence-electron chi connectivity index (χ0n) is 18.0. The van der Waals surface area contributed by atoms with Crippen molar-refractivity contribution in [1.82, 2.24) is 4.90 Å². The predicted octanol–water partition coefficient (Wildman–Crippen LogP) is 6.86. The quantitative estimate of drug-likeness (QED) is 0.468. The second-order valence-electron chi connectivity index (χ2n) is 8.92. The highest BCUT2D eigenvalue weighted by Crippen LogP contribution is 2.35. The van der Waals surface area contributed by atoms with E-state index in [-0.39, 0.29) is 5.92 Å². The van der Waals surface area contributed by atoms with Crippen molar-refractivity contribution < 1.29 is 8.78 Å². The summed E-state index contributed by atoms with van der Waals surface area (Å²) in [5, 5.41) is 0. The minimum atomic E-state index is -1.30. The van der Waals surface area contributed by atoms with Crippen LogP contribution in [0.3, 0.4) is 0 Å². The second kappa shape index (κ2) is 10.3. The Balaban J connectivity index is 1.54. The van der Waals surface area contributed by atoms with Crippen molar-refractivity contribution in [2.45, 2.75) is 89.8 Å². The molecule has 2 aromatic rings. The van der Waals surface area contributed by atoms with Crippen molar-refractivity contribution in [3.63, 3.8) is 0 Å². The largest absolute Gasteiger partial charge is 0.294 e. The van der Waals surface area contributed by atoms with E-state index in [0.717, 1.165) is 31.4 Å². The number of aryl methyl sites for hydroxylation is 1. The molecular weight excluding hydrogens is 364 g/mol. The number of hydrogen-bond donors (Lipinski definition) is 0. The van der Waals surface area contributed by atoms with Crippen LogP contribution in [-0.4, -0.2) is 29.3 Å².